The van der Waals surface area contributed by atoms with Gasteiger partial charge in [0.2, 0.25) is 0 Å². The van der Waals surface area contributed by atoms with Gasteiger partial charge in [-0.1, -0.05) is 25.6 Å². The van der Waals surface area contributed by atoms with Crippen LogP contribution in [0.4, 0.5) is 13.2 Å². The summed E-state index contributed by atoms with van der Waals surface area (Å²) in [6.07, 6.45) is 0.567. The molecule has 0 bridgehead atoms. The SMILES string of the molecule is CNCC(C)(C)CCSC(F)(F)F. The van der Waals surface area contributed by atoms with E-state index in [1.807, 2.05) is 13.8 Å². The fraction of sp³-hybridized carbons (Fsp3) is 1.00. The van der Waals surface area contributed by atoms with Gasteiger partial charge in [0.15, 0.2) is 0 Å². The van der Waals surface area contributed by atoms with Crippen molar-refractivity contribution < 1.29 is 13.2 Å². The molecule has 0 saturated carbocycles. The molecule has 0 rings (SSSR count). The first-order chi connectivity index (χ1) is 5.77. The summed E-state index contributed by atoms with van der Waals surface area (Å²) in [5, 5.41) is 2.97. The predicted molar refractivity (Wildman–Crippen MR) is 50.8 cm³/mol. The summed E-state index contributed by atoms with van der Waals surface area (Å²) in [4.78, 5) is 0. The Bertz CT molecular complexity index is 145. The van der Waals surface area contributed by atoms with E-state index in [4.69, 9.17) is 0 Å². The van der Waals surface area contributed by atoms with Crippen LogP contribution in [-0.4, -0.2) is 24.9 Å². The van der Waals surface area contributed by atoms with Gasteiger partial charge in [0.25, 0.3) is 0 Å². The van der Waals surface area contributed by atoms with Gasteiger partial charge in [0.1, 0.15) is 0 Å². The van der Waals surface area contributed by atoms with Crippen molar-refractivity contribution in [2.45, 2.75) is 25.8 Å². The van der Waals surface area contributed by atoms with E-state index < -0.39 is 5.51 Å². The molecule has 0 aromatic rings. The third kappa shape index (κ3) is 8.43. The molecule has 0 radical (unpaired) electrons. The molecule has 1 nitrogen and oxygen atoms in total. The second-order valence-corrected chi connectivity index (χ2v) is 4.90. The monoisotopic (exact) mass is 215 g/mol. The highest BCUT2D eigenvalue weighted by molar-refractivity contribution is 8.00. The van der Waals surface area contributed by atoms with Gasteiger partial charge < -0.3 is 5.32 Å². The minimum Gasteiger partial charge on any atom is -0.319 e. The molecule has 0 aromatic heterocycles. The van der Waals surface area contributed by atoms with E-state index in [9.17, 15) is 13.2 Å². The summed E-state index contributed by atoms with van der Waals surface area (Å²) in [7, 11) is 1.80. The fourth-order valence-electron chi connectivity index (χ4n) is 1.01. The first-order valence-corrected chi connectivity index (χ1v) is 5.11. The van der Waals surface area contributed by atoms with Crippen molar-refractivity contribution in [1.82, 2.24) is 5.32 Å². The Hall–Kier alpha value is 0.100. The van der Waals surface area contributed by atoms with Crippen LogP contribution in [0.25, 0.3) is 0 Å². The summed E-state index contributed by atoms with van der Waals surface area (Å²) in [5.74, 6) is 0.137. The number of hydrogen-bond donors (Lipinski definition) is 1. The molecule has 0 aliphatic rings. The highest BCUT2D eigenvalue weighted by atomic mass is 32.2. The Labute approximate surface area is 81.5 Å². The van der Waals surface area contributed by atoms with Crippen molar-refractivity contribution in [2.24, 2.45) is 5.41 Å². The number of alkyl halides is 3. The first-order valence-electron chi connectivity index (χ1n) is 4.12. The van der Waals surface area contributed by atoms with Crippen molar-refractivity contribution in [2.75, 3.05) is 19.3 Å². The van der Waals surface area contributed by atoms with E-state index in [1.54, 1.807) is 7.05 Å². The van der Waals surface area contributed by atoms with E-state index in [0.29, 0.717) is 6.42 Å². The molecule has 0 saturated heterocycles. The molecule has 0 aromatic carbocycles. The molecule has 1 N–H and O–H groups in total. The second kappa shape index (κ2) is 5.10. The summed E-state index contributed by atoms with van der Waals surface area (Å²) < 4.78 is 35.3. The normalized spacial score (nSPS) is 13.4. The lowest BCUT2D eigenvalue weighted by Crippen LogP contribution is -2.27. The van der Waals surface area contributed by atoms with Crippen LogP contribution >= 0.6 is 11.8 Å². The van der Waals surface area contributed by atoms with Crippen LogP contribution in [0.2, 0.25) is 0 Å². The van der Waals surface area contributed by atoms with E-state index in [2.05, 4.69) is 5.32 Å². The van der Waals surface area contributed by atoms with Crippen molar-refractivity contribution in [1.29, 1.82) is 0 Å². The van der Waals surface area contributed by atoms with Crippen molar-refractivity contribution in [3.05, 3.63) is 0 Å². The number of halogens is 3. The predicted octanol–water partition coefficient (Wildman–Crippen LogP) is 2.88. The fourth-order valence-corrected chi connectivity index (χ4v) is 1.90. The molecular formula is C8H16F3NS. The Balaban J connectivity index is 3.63. The van der Waals surface area contributed by atoms with Crippen molar-refractivity contribution in [3.8, 4) is 0 Å². The number of hydrogen-bond acceptors (Lipinski definition) is 2. The Morgan fingerprint density at radius 3 is 2.15 bits per heavy atom. The van der Waals surface area contributed by atoms with Gasteiger partial charge in [0, 0.05) is 5.75 Å². The van der Waals surface area contributed by atoms with Gasteiger partial charge in [-0.15, -0.1) is 0 Å². The van der Waals surface area contributed by atoms with Gasteiger partial charge in [-0.3, -0.25) is 0 Å². The van der Waals surface area contributed by atoms with Crippen molar-refractivity contribution >= 4 is 11.8 Å². The molecule has 0 aliphatic heterocycles. The largest absolute Gasteiger partial charge is 0.441 e. The minimum atomic E-state index is -4.09. The smallest absolute Gasteiger partial charge is 0.319 e. The zero-order chi connectivity index (χ0) is 10.5. The summed E-state index contributed by atoms with van der Waals surface area (Å²) in [6, 6.07) is 0. The lowest BCUT2D eigenvalue weighted by atomic mass is 9.90. The zero-order valence-electron chi connectivity index (χ0n) is 8.16. The standard InChI is InChI=1S/C8H16F3NS/c1-7(2,6-12-3)4-5-13-8(9,10)11/h12H,4-6H2,1-3H3. The van der Waals surface area contributed by atoms with Crippen LogP contribution in [0, 0.1) is 5.41 Å². The minimum absolute atomic E-state index is 0.0585. The molecular weight excluding hydrogens is 199 g/mol. The molecule has 13 heavy (non-hydrogen) atoms. The number of nitrogens with one attached hydrogen (secondary N) is 1. The highest BCUT2D eigenvalue weighted by Gasteiger charge is 2.29. The number of rotatable bonds is 5. The number of thioether (sulfide) groups is 1. The van der Waals surface area contributed by atoms with Gasteiger partial charge >= 0.3 is 5.51 Å². The first kappa shape index (κ1) is 13.1. The molecule has 0 unspecified atom stereocenters. The Kier molecular flexibility index (Phi) is 5.14. The summed E-state index contributed by atoms with van der Waals surface area (Å²) >= 11 is 0.0585. The van der Waals surface area contributed by atoms with E-state index in [0.717, 1.165) is 6.54 Å². The average molecular weight is 215 g/mol. The third-order valence-electron chi connectivity index (χ3n) is 1.70. The average Bonchev–Trinajstić information content (AvgIpc) is 1.82. The lowest BCUT2D eigenvalue weighted by molar-refractivity contribution is -0.0328. The second-order valence-electron chi connectivity index (χ2n) is 3.74. The third-order valence-corrected chi connectivity index (χ3v) is 2.44. The Morgan fingerprint density at radius 1 is 1.23 bits per heavy atom. The molecule has 0 fully saturated rings. The maximum atomic E-state index is 11.8. The van der Waals surface area contributed by atoms with Crippen LogP contribution < -0.4 is 5.32 Å². The molecule has 0 atom stereocenters. The van der Waals surface area contributed by atoms with E-state index in [1.165, 1.54) is 0 Å². The molecule has 0 aliphatic carbocycles. The molecule has 5 heteroatoms. The maximum Gasteiger partial charge on any atom is 0.441 e. The molecule has 0 heterocycles. The summed E-state index contributed by atoms with van der Waals surface area (Å²) in [5.41, 5.74) is -4.15. The van der Waals surface area contributed by atoms with Crippen molar-refractivity contribution in [3.63, 3.8) is 0 Å². The maximum absolute atomic E-state index is 11.8. The van der Waals surface area contributed by atoms with Crippen LogP contribution in [0.15, 0.2) is 0 Å². The van der Waals surface area contributed by atoms with Crippen LogP contribution in [0.3, 0.4) is 0 Å². The van der Waals surface area contributed by atoms with Gasteiger partial charge in [-0.25, -0.2) is 0 Å². The molecule has 0 spiro atoms. The van der Waals surface area contributed by atoms with Gasteiger partial charge in [-0.2, -0.15) is 13.2 Å². The molecule has 0 amide bonds. The molecule has 80 valence electrons. The Morgan fingerprint density at radius 2 is 1.77 bits per heavy atom. The van der Waals surface area contributed by atoms with E-state index >= 15 is 0 Å². The quantitative estimate of drug-likeness (QED) is 0.756. The lowest BCUT2D eigenvalue weighted by Gasteiger charge is -2.23. The van der Waals surface area contributed by atoms with Gasteiger partial charge in [-0.05, 0) is 25.4 Å². The summed E-state index contributed by atoms with van der Waals surface area (Å²) in [6.45, 7) is 4.66. The van der Waals surface area contributed by atoms with Crippen LogP contribution in [0.5, 0.6) is 0 Å². The van der Waals surface area contributed by atoms with Crippen LogP contribution in [0.1, 0.15) is 20.3 Å². The topological polar surface area (TPSA) is 12.0 Å². The highest BCUT2D eigenvalue weighted by Crippen LogP contribution is 2.33. The van der Waals surface area contributed by atoms with Crippen LogP contribution in [-0.2, 0) is 0 Å². The zero-order valence-corrected chi connectivity index (χ0v) is 8.98. The van der Waals surface area contributed by atoms with Gasteiger partial charge in [0.05, 0.1) is 0 Å². The van der Waals surface area contributed by atoms with E-state index in [-0.39, 0.29) is 22.9 Å².